The Morgan fingerprint density at radius 2 is 1.50 bits per heavy atom. The second-order valence-electron chi connectivity index (χ2n) is 2.71. The summed E-state index contributed by atoms with van der Waals surface area (Å²) in [4.78, 5) is 0. The fourth-order valence-electron chi connectivity index (χ4n) is 0.753. The summed E-state index contributed by atoms with van der Waals surface area (Å²) in [5.41, 5.74) is 0.838. The van der Waals surface area contributed by atoms with Gasteiger partial charge in [-0.2, -0.15) is 8.42 Å². The van der Waals surface area contributed by atoms with Crippen molar-refractivity contribution in [3.63, 3.8) is 0 Å². The summed E-state index contributed by atoms with van der Waals surface area (Å²) in [6.07, 6.45) is 0. The molecule has 0 heterocycles. The Kier molecular flexibility index (Phi) is 6.10. The Hall–Kier alpha value is 0.516. The predicted octanol–water partition coefficient (Wildman–Crippen LogP) is -2.83. The predicted molar refractivity (Wildman–Crippen MR) is 50.4 cm³/mol. The Balaban J connectivity index is 0.00000225. The smallest absolute Gasteiger partial charge is 0.733 e. The SMILES string of the molecule is Cc1ccc(OS(=O)(=O)S(=O)(=O)[O-])cc1.[K+]. The van der Waals surface area contributed by atoms with Crippen molar-refractivity contribution in [2.75, 3.05) is 0 Å². The summed E-state index contributed by atoms with van der Waals surface area (Å²) >= 11 is 0. The zero-order valence-corrected chi connectivity index (χ0v) is 13.3. The Labute approximate surface area is 136 Å². The third-order valence-electron chi connectivity index (χ3n) is 1.47. The van der Waals surface area contributed by atoms with Crippen LogP contribution in [0.15, 0.2) is 24.3 Å². The van der Waals surface area contributed by atoms with E-state index in [1.165, 1.54) is 24.3 Å². The topological polar surface area (TPSA) is 101 Å². The van der Waals surface area contributed by atoms with Gasteiger partial charge in [0.1, 0.15) is 5.75 Å². The van der Waals surface area contributed by atoms with E-state index in [0.717, 1.165) is 5.56 Å². The summed E-state index contributed by atoms with van der Waals surface area (Å²) in [6, 6.07) is 5.53. The van der Waals surface area contributed by atoms with Gasteiger partial charge in [0.25, 0.3) is 0 Å². The first-order valence-electron chi connectivity index (χ1n) is 3.69. The van der Waals surface area contributed by atoms with Crippen LogP contribution in [0, 0.1) is 6.92 Å². The summed E-state index contributed by atoms with van der Waals surface area (Å²) in [5, 5.41) is 0. The average molecular weight is 290 g/mol. The summed E-state index contributed by atoms with van der Waals surface area (Å²) in [6.45, 7) is 1.75. The van der Waals surface area contributed by atoms with Crippen LogP contribution >= 0.6 is 0 Å². The second kappa shape index (κ2) is 5.91. The van der Waals surface area contributed by atoms with Crippen LogP contribution in [-0.2, 0) is 18.3 Å². The minimum atomic E-state index is -5.51. The molecule has 1 aromatic rings. The fourth-order valence-corrected chi connectivity index (χ4v) is 1.67. The van der Waals surface area contributed by atoms with Gasteiger partial charge < -0.3 is 8.74 Å². The van der Waals surface area contributed by atoms with Crippen molar-refractivity contribution in [2.24, 2.45) is 0 Å². The Bertz CT molecular complexity index is 545. The molecule has 0 fully saturated rings. The molecule has 1 aromatic carbocycles. The summed E-state index contributed by atoms with van der Waals surface area (Å²) < 4.78 is 56.4. The van der Waals surface area contributed by atoms with E-state index in [2.05, 4.69) is 4.18 Å². The maximum Gasteiger partial charge on any atom is 1.00 e. The van der Waals surface area contributed by atoms with Crippen LogP contribution in [0.25, 0.3) is 0 Å². The molecule has 0 aliphatic heterocycles. The van der Waals surface area contributed by atoms with Gasteiger partial charge in [0.2, 0.25) is 9.15 Å². The van der Waals surface area contributed by atoms with Crippen molar-refractivity contribution in [1.82, 2.24) is 0 Å². The molecule has 0 bridgehead atoms. The quantitative estimate of drug-likeness (QED) is 0.338. The molecule has 0 atom stereocenters. The molecule has 0 radical (unpaired) electrons. The molecule has 0 N–H and O–H groups in total. The van der Waals surface area contributed by atoms with Gasteiger partial charge in [0.05, 0.1) is 0 Å². The third kappa shape index (κ3) is 4.41. The van der Waals surface area contributed by atoms with Crippen molar-refractivity contribution >= 4 is 18.3 Å². The van der Waals surface area contributed by atoms with Crippen LogP contribution in [0.1, 0.15) is 5.56 Å². The molecule has 9 heteroatoms. The third-order valence-corrected chi connectivity index (χ3v) is 4.07. The molecule has 84 valence electrons. The molecule has 0 aliphatic carbocycles. The van der Waals surface area contributed by atoms with Gasteiger partial charge in [-0.15, -0.1) is 0 Å². The normalized spacial score (nSPS) is 11.6. The van der Waals surface area contributed by atoms with Crippen molar-refractivity contribution in [3.8, 4) is 5.75 Å². The van der Waals surface area contributed by atoms with E-state index in [9.17, 15) is 21.4 Å². The van der Waals surface area contributed by atoms with Gasteiger partial charge in [-0.25, -0.2) is 8.42 Å². The molecule has 0 aromatic heterocycles. The van der Waals surface area contributed by atoms with Crippen LogP contribution in [0.5, 0.6) is 5.75 Å². The second-order valence-corrected chi connectivity index (χ2v) is 6.96. The molecule has 16 heavy (non-hydrogen) atoms. The summed E-state index contributed by atoms with van der Waals surface area (Å²) in [5.74, 6) is -0.222. The molecular formula is C7H7KO6S2. The number of benzene rings is 1. The molecule has 0 unspecified atom stereocenters. The first-order chi connectivity index (χ1) is 6.72. The molecule has 1 rings (SSSR count). The van der Waals surface area contributed by atoms with Crippen LogP contribution < -0.4 is 55.6 Å². The summed E-state index contributed by atoms with van der Waals surface area (Å²) in [7, 11) is -10.7. The van der Waals surface area contributed by atoms with Crippen LogP contribution in [0.2, 0.25) is 0 Å². The van der Waals surface area contributed by atoms with Gasteiger partial charge >= 0.3 is 60.5 Å². The van der Waals surface area contributed by atoms with Crippen molar-refractivity contribution < 1.29 is 77.0 Å². The zero-order valence-electron chi connectivity index (χ0n) is 8.58. The van der Waals surface area contributed by atoms with E-state index in [4.69, 9.17) is 0 Å². The first kappa shape index (κ1) is 16.5. The average Bonchev–Trinajstić information content (AvgIpc) is 2.06. The molecule has 0 amide bonds. The van der Waals surface area contributed by atoms with E-state index in [1.54, 1.807) is 6.92 Å². The largest absolute Gasteiger partial charge is 1.00 e. The fraction of sp³-hybridized carbons (Fsp3) is 0.143. The molecule has 0 saturated carbocycles. The monoisotopic (exact) mass is 290 g/mol. The van der Waals surface area contributed by atoms with Gasteiger partial charge in [0, 0.05) is 0 Å². The Morgan fingerprint density at radius 1 is 1.06 bits per heavy atom. The Morgan fingerprint density at radius 3 is 1.88 bits per heavy atom. The minimum absolute atomic E-state index is 0. The van der Waals surface area contributed by atoms with Crippen molar-refractivity contribution in [2.45, 2.75) is 6.92 Å². The molecule has 0 saturated heterocycles. The van der Waals surface area contributed by atoms with Gasteiger partial charge in [0.15, 0.2) is 0 Å². The standard InChI is InChI=1S/C7H8O6S2.K/c1-6-2-4-7(5-3-6)13-15(11,12)14(8,9)10;/h2-5H,1H3,(H,8,9,10);/q;+1/p-1. The van der Waals surface area contributed by atoms with Gasteiger partial charge in [-0.1, -0.05) is 17.7 Å². The number of hydrogen-bond acceptors (Lipinski definition) is 6. The van der Waals surface area contributed by atoms with E-state index in [-0.39, 0.29) is 57.1 Å². The van der Waals surface area contributed by atoms with Gasteiger partial charge in [-0.05, 0) is 19.1 Å². The number of rotatable bonds is 3. The molecule has 6 nitrogen and oxygen atoms in total. The van der Waals surface area contributed by atoms with Crippen molar-refractivity contribution in [3.05, 3.63) is 29.8 Å². The number of aryl methyl sites for hydroxylation is 1. The molecule has 0 spiro atoms. The number of hydrogen-bond donors (Lipinski definition) is 0. The van der Waals surface area contributed by atoms with Gasteiger partial charge in [-0.3, -0.25) is 0 Å². The van der Waals surface area contributed by atoms with Crippen molar-refractivity contribution in [1.29, 1.82) is 0 Å². The van der Waals surface area contributed by atoms with E-state index >= 15 is 0 Å². The van der Waals surface area contributed by atoms with Crippen LogP contribution in [-0.4, -0.2) is 21.4 Å². The van der Waals surface area contributed by atoms with E-state index < -0.39 is 18.3 Å². The minimum Gasteiger partial charge on any atom is -0.733 e. The van der Waals surface area contributed by atoms with Crippen LogP contribution in [0.4, 0.5) is 0 Å². The first-order valence-corrected chi connectivity index (χ1v) is 7.03. The van der Waals surface area contributed by atoms with E-state index in [0.29, 0.717) is 0 Å². The molecule has 0 aliphatic rings. The molecular weight excluding hydrogens is 283 g/mol. The maximum absolute atomic E-state index is 10.8. The van der Waals surface area contributed by atoms with E-state index in [1.807, 2.05) is 0 Å². The maximum atomic E-state index is 10.8. The van der Waals surface area contributed by atoms with Crippen LogP contribution in [0.3, 0.4) is 0 Å². The zero-order chi connectivity index (χ0) is 11.7.